The Hall–Kier alpha value is -1.05. The van der Waals surface area contributed by atoms with E-state index in [-0.39, 0.29) is 5.91 Å². The van der Waals surface area contributed by atoms with Crippen LogP contribution in [0.4, 0.5) is 0 Å². The van der Waals surface area contributed by atoms with Crippen LogP contribution in [0, 0.1) is 0 Å². The largest absolute Gasteiger partial charge is 0.338 e. The summed E-state index contributed by atoms with van der Waals surface area (Å²) in [6.07, 6.45) is 7.14. The van der Waals surface area contributed by atoms with E-state index in [1.807, 2.05) is 12.2 Å². The topological polar surface area (TPSA) is 20.3 Å². The summed E-state index contributed by atoms with van der Waals surface area (Å²) in [7, 11) is 1.78. The van der Waals surface area contributed by atoms with Gasteiger partial charge in [0.2, 0.25) is 5.91 Å². The van der Waals surface area contributed by atoms with Gasteiger partial charge in [0.05, 0.1) is 0 Å². The summed E-state index contributed by atoms with van der Waals surface area (Å²) >= 11 is 0. The highest BCUT2D eigenvalue weighted by molar-refractivity contribution is 5.88. The summed E-state index contributed by atoms with van der Waals surface area (Å²) in [4.78, 5) is 12.5. The molecule has 9 heavy (non-hydrogen) atoms. The van der Waals surface area contributed by atoms with Crippen molar-refractivity contribution in [3.63, 3.8) is 0 Å². The molecule has 1 aliphatic rings. The highest BCUT2D eigenvalue weighted by Gasteiger charge is 2.01. The number of amides is 1. The molecule has 0 atom stereocenters. The van der Waals surface area contributed by atoms with Crippen molar-refractivity contribution < 1.29 is 4.79 Å². The van der Waals surface area contributed by atoms with Crippen molar-refractivity contribution in [1.82, 2.24) is 4.90 Å². The summed E-state index contributed by atoms with van der Waals surface area (Å²) in [5.41, 5.74) is 0. The summed E-state index contributed by atoms with van der Waals surface area (Å²) < 4.78 is 0. The van der Waals surface area contributed by atoms with Gasteiger partial charge >= 0.3 is 0 Å². The SMILES string of the molecule is CN1CC=CC=CC1=O. The van der Waals surface area contributed by atoms with Gasteiger partial charge in [0, 0.05) is 19.7 Å². The molecule has 1 aliphatic heterocycles. The van der Waals surface area contributed by atoms with Gasteiger partial charge in [-0.2, -0.15) is 0 Å². The van der Waals surface area contributed by atoms with Gasteiger partial charge in [0.1, 0.15) is 0 Å². The fourth-order valence-corrected chi connectivity index (χ4v) is 0.653. The third-order valence-electron chi connectivity index (χ3n) is 1.24. The molecule has 0 aromatic heterocycles. The van der Waals surface area contributed by atoms with E-state index in [2.05, 4.69) is 0 Å². The van der Waals surface area contributed by atoms with Crippen LogP contribution in [0.1, 0.15) is 0 Å². The molecule has 0 spiro atoms. The molecule has 0 aromatic carbocycles. The Morgan fingerprint density at radius 3 is 3.11 bits per heavy atom. The number of nitrogens with zero attached hydrogens (tertiary/aromatic N) is 1. The minimum atomic E-state index is 0.0694. The van der Waals surface area contributed by atoms with E-state index in [0.29, 0.717) is 6.54 Å². The molecule has 0 saturated heterocycles. The number of likely N-dealkylation sites (N-methyl/N-ethyl adjacent to an activating group) is 1. The van der Waals surface area contributed by atoms with Crippen molar-refractivity contribution >= 4 is 5.91 Å². The maximum atomic E-state index is 10.8. The predicted molar refractivity (Wildman–Crippen MR) is 35.9 cm³/mol. The van der Waals surface area contributed by atoms with Crippen molar-refractivity contribution in [1.29, 1.82) is 0 Å². The fourth-order valence-electron chi connectivity index (χ4n) is 0.653. The van der Waals surface area contributed by atoms with Crippen LogP contribution in [-0.4, -0.2) is 24.4 Å². The minimum Gasteiger partial charge on any atom is -0.338 e. The van der Waals surface area contributed by atoms with Crippen molar-refractivity contribution in [3.8, 4) is 0 Å². The molecule has 0 fully saturated rings. The average Bonchev–Trinajstić information content (AvgIpc) is 1.99. The molecule has 1 rings (SSSR count). The summed E-state index contributed by atoms with van der Waals surface area (Å²) in [6.45, 7) is 0.714. The molecule has 1 amide bonds. The molecule has 2 nitrogen and oxygen atoms in total. The van der Waals surface area contributed by atoms with Crippen LogP contribution in [0.5, 0.6) is 0 Å². The number of hydrogen-bond acceptors (Lipinski definition) is 1. The van der Waals surface area contributed by atoms with Gasteiger partial charge in [-0.05, 0) is 0 Å². The van der Waals surface area contributed by atoms with Gasteiger partial charge in [-0.15, -0.1) is 0 Å². The first-order valence-corrected chi connectivity index (χ1v) is 2.89. The molecule has 0 aromatic rings. The van der Waals surface area contributed by atoms with Crippen LogP contribution in [0.3, 0.4) is 0 Å². The third-order valence-corrected chi connectivity index (χ3v) is 1.24. The zero-order valence-electron chi connectivity index (χ0n) is 5.37. The van der Waals surface area contributed by atoms with E-state index >= 15 is 0 Å². The van der Waals surface area contributed by atoms with Gasteiger partial charge in [-0.3, -0.25) is 4.79 Å². The third kappa shape index (κ3) is 1.42. The molecule has 0 unspecified atom stereocenters. The summed E-state index contributed by atoms with van der Waals surface area (Å²) in [6, 6.07) is 0. The fraction of sp³-hybridized carbons (Fsp3) is 0.286. The first-order chi connectivity index (χ1) is 4.30. The maximum absolute atomic E-state index is 10.8. The zero-order chi connectivity index (χ0) is 6.69. The second kappa shape index (κ2) is 2.49. The van der Waals surface area contributed by atoms with Gasteiger partial charge in [0.25, 0.3) is 0 Å². The molecule has 0 N–H and O–H groups in total. The van der Waals surface area contributed by atoms with Gasteiger partial charge in [-0.25, -0.2) is 0 Å². The molecule has 48 valence electrons. The second-order valence-corrected chi connectivity index (χ2v) is 2.01. The highest BCUT2D eigenvalue weighted by Crippen LogP contribution is 1.92. The molecule has 0 radical (unpaired) electrons. The lowest BCUT2D eigenvalue weighted by atomic mass is 10.5. The van der Waals surface area contributed by atoms with Crippen molar-refractivity contribution in [3.05, 3.63) is 24.3 Å². The van der Waals surface area contributed by atoms with Gasteiger partial charge in [0.15, 0.2) is 0 Å². The summed E-state index contributed by atoms with van der Waals surface area (Å²) in [5, 5.41) is 0. The molecule has 1 heterocycles. The van der Waals surface area contributed by atoms with E-state index < -0.39 is 0 Å². The summed E-state index contributed by atoms with van der Waals surface area (Å²) in [5.74, 6) is 0.0694. The standard InChI is InChI=1S/C7H9NO/c1-8-6-4-2-3-5-7(8)9/h2-5H,6H2,1H3. The first-order valence-electron chi connectivity index (χ1n) is 2.89. The molecule has 2 heteroatoms. The zero-order valence-corrected chi connectivity index (χ0v) is 5.37. The Kier molecular flexibility index (Phi) is 1.68. The van der Waals surface area contributed by atoms with Crippen LogP contribution >= 0.6 is 0 Å². The number of allylic oxidation sites excluding steroid dienone is 2. The Bertz CT molecular complexity index is 170. The average molecular weight is 123 g/mol. The van der Waals surface area contributed by atoms with Crippen LogP contribution in [-0.2, 0) is 4.79 Å². The molecule has 0 saturated carbocycles. The minimum absolute atomic E-state index is 0.0694. The second-order valence-electron chi connectivity index (χ2n) is 2.01. The van der Waals surface area contributed by atoms with Crippen molar-refractivity contribution in [2.75, 3.05) is 13.6 Å². The normalized spacial score (nSPS) is 18.3. The van der Waals surface area contributed by atoms with E-state index in [0.717, 1.165) is 0 Å². The number of hydrogen-bond donors (Lipinski definition) is 0. The van der Waals surface area contributed by atoms with Crippen LogP contribution in [0.2, 0.25) is 0 Å². The van der Waals surface area contributed by atoms with Crippen LogP contribution in [0.25, 0.3) is 0 Å². The number of rotatable bonds is 0. The highest BCUT2D eigenvalue weighted by atomic mass is 16.2. The molecular formula is C7H9NO. The monoisotopic (exact) mass is 123 g/mol. The van der Waals surface area contributed by atoms with Crippen LogP contribution < -0.4 is 0 Å². The Morgan fingerprint density at radius 2 is 2.33 bits per heavy atom. The quantitative estimate of drug-likeness (QED) is 0.461. The van der Waals surface area contributed by atoms with Crippen LogP contribution in [0.15, 0.2) is 24.3 Å². The molecule has 0 aliphatic carbocycles. The molecule has 0 bridgehead atoms. The van der Waals surface area contributed by atoms with E-state index in [1.165, 1.54) is 0 Å². The van der Waals surface area contributed by atoms with Crippen molar-refractivity contribution in [2.45, 2.75) is 0 Å². The number of carbonyl (C=O) groups is 1. The first kappa shape index (κ1) is 6.08. The smallest absolute Gasteiger partial charge is 0.246 e. The predicted octanol–water partition coefficient (Wildman–Crippen LogP) is 0.571. The lowest BCUT2D eigenvalue weighted by Gasteiger charge is -2.09. The Balaban J connectivity index is 2.69. The lowest BCUT2D eigenvalue weighted by molar-refractivity contribution is -0.124. The lowest BCUT2D eigenvalue weighted by Crippen LogP contribution is -2.23. The van der Waals surface area contributed by atoms with E-state index in [9.17, 15) is 4.79 Å². The van der Waals surface area contributed by atoms with Gasteiger partial charge < -0.3 is 4.90 Å². The number of carbonyl (C=O) groups excluding carboxylic acids is 1. The van der Waals surface area contributed by atoms with Crippen molar-refractivity contribution in [2.24, 2.45) is 0 Å². The van der Waals surface area contributed by atoms with Gasteiger partial charge in [-0.1, -0.05) is 18.2 Å². The van der Waals surface area contributed by atoms with E-state index in [1.54, 1.807) is 24.1 Å². The Morgan fingerprint density at radius 1 is 1.56 bits per heavy atom. The molecular weight excluding hydrogens is 114 g/mol. The Labute approximate surface area is 54.5 Å². The van der Waals surface area contributed by atoms with E-state index in [4.69, 9.17) is 0 Å². The maximum Gasteiger partial charge on any atom is 0.246 e.